The molecule has 6 heteroatoms. The van der Waals surface area contributed by atoms with Gasteiger partial charge in [0.05, 0.1) is 18.9 Å². The van der Waals surface area contributed by atoms with E-state index in [-0.39, 0.29) is 0 Å². The molecule has 0 saturated carbocycles. The molecule has 0 fully saturated rings. The molecule has 0 atom stereocenters. The van der Waals surface area contributed by atoms with Gasteiger partial charge in [-0.15, -0.1) is 0 Å². The minimum Gasteiger partial charge on any atom is -0.494 e. The molecule has 0 unspecified atom stereocenters. The van der Waals surface area contributed by atoms with E-state index in [1.165, 1.54) is 5.39 Å². The second kappa shape index (κ2) is 8.98. The molecule has 6 nitrogen and oxygen atoms in total. The summed E-state index contributed by atoms with van der Waals surface area (Å²) in [6.07, 6.45) is 0.786. The third-order valence-corrected chi connectivity index (χ3v) is 4.07. The minimum absolute atomic E-state index is 0.348. The number of hydrogen-bond acceptors (Lipinski definition) is 3. The topological polar surface area (TPSA) is 84.7 Å². The van der Waals surface area contributed by atoms with Crippen molar-refractivity contribution in [2.45, 2.75) is 20.3 Å². The summed E-state index contributed by atoms with van der Waals surface area (Å²) in [5.74, 6) is 1.82. The van der Waals surface area contributed by atoms with Crippen LogP contribution >= 0.6 is 0 Å². The van der Waals surface area contributed by atoms with E-state index in [0.717, 1.165) is 34.8 Å². The van der Waals surface area contributed by atoms with Gasteiger partial charge >= 0.3 is 0 Å². The zero-order valence-electron chi connectivity index (χ0n) is 15.8. The summed E-state index contributed by atoms with van der Waals surface area (Å²) >= 11 is 0. The molecule has 0 aliphatic rings. The van der Waals surface area contributed by atoms with Crippen LogP contribution in [0.25, 0.3) is 10.9 Å². The van der Waals surface area contributed by atoms with E-state index in [1.807, 2.05) is 44.2 Å². The smallest absolute Gasteiger partial charge is 0.193 e. The van der Waals surface area contributed by atoms with E-state index < -0.39 is 0 Å². The number of para-hydroxylation sites is 1. The van der Waals surface area contributed by atoms with Crippen LogP contribution < -0.4 is 20.5 Å². The molecule has 1 heterocycles. The van der Waals surface area contributed by atoms with Crippen LogP contribution in [0.4, 0.5) is 5.69 Å². The number of nitrogens with zero attached hydrogens (tertiary/aromatic N) is 1. The standard InChI is InChI=1S/C21H26N4O2/c1-3-26-17-9-10-20(27-4-2)19(14-17)25-21(22)23-12-11-16-13-15-7-5-6-8-18(15)24-16/h5-10,13-14,24H,3-4,11-12H2,1-2H3,(H3,22,23,25). The molecule has 0 saturated heterocycles. The number of aromatic nitrogens is 1. The number of ether oxygens (including phenoxy) is 2. The number of anilines is 1. The van der Waals surface area contributed by atoms with Crippen molar-refractivity contribution in [3.63, 3.8) is 0 Å². The maximum atomic E-state index is 6.07. The predicted molar refractivity (Wildman–Crippen MR) is 111 cm³/mol. The molecule has 142 valence electrons. The molecule has 0 bridgehead atoms. The molecule has 4 N–H and O–H groups in total. The summed E-state index contributed by atoms with van der Waals surface area (Å²) < 4.78 is 11.2. The molecule has 0 aliphatic heterocycles. The van der Waals surface area contributed by atoms with Crippen molar-refractivity contribution in [3.05, 3.63) is 54.2 Å². The minimum atomic E-state index is 0.348. The van der Waals surface area contributed by atoms with Gasteiger partial charge < -0.3 is 25.5 Å². The number of rotatable bonds is 8. The molecule has 2 aromatic carbocycles. The number of nitrogens with two attached hydrogens (primary N) is 1. The number of H-pyrrole nitrogens is 1. The highest BCUT2D eigenvalue weighted by Gasteiger charge is 2.07. The second-order valence-corrected chi connectivity index (χ2v) is 6.05. The van der Waals surface area contributed by atoms with Crippen LogP contribution in [0.3, 0.4) is 0 Å². The number of aromatic amines is 1. The third kappa shape index (κ3) is 4.94. The lowest BCUT2D eigenvalue weighted by atomic mass is 10.2. The summed E-state index contributed by atoms with van der Waals surface area (Å²) in [4.78, 5) is 7.83. The van der Waals surface area contributed by atoms with Gasteiger partial charge in [-0.05, 0) is 43.5 Å². The summed E-state index contributed by atoms with van der Waals surface area (Å²) in [5.41, 5.74) is 9.09. The second-order valence-electron chi connectivity index (χ2n) is 6.05. The molecule has 3 rings (SSSR count). The first-order valence-electron chi connectivity index (χ1n) is 9.22. The Morgan fingerprint density at radius 1 is 1.07 bits per heavy atom. The zero-order chi connectivity index (χ0) is 19.1. The molecule has 0 spiro atoms. The molecule has 0 amide bonds. The van der Waals surface area contributed by atoms with E-state index in [0.29, 0.717) is 25.7 Å². The van der Waals surface area contributed by atoms with Gasteiger partial charge in [0.1, 0.15) is 11.5 Å². The zero-order valence-corrected chi connectivity index (χ0v) is 15.8. The maximum absolute atomic E-state index is 6.07. The fraction of sp³-hybridized carbons (Fsp3) is 0.286. The lowest BCUT2D eigenvalue weighted by molar-refractivity contribution is 0.332. The Hall–Kier alpha value is -3.15. The van der Waals surface area contributed by atoms with Gasteiger partial charge in [0.15, 0.2) is 5.96 Å². The number of aliphatic imine (C=N–C) groups is 1. The van der Waals surface area contributed by atoms with Crippen LogP contribution in [-0.2, 0) is 6.42 Å². The number of nitrogens with one attached hydrogen (secondary N) is 2. The summed E-state index contributed by atoms with van der Waals surface area (Å²) in [7, 11) is 0. The first-order valence-corrected chi connectivity index (χ1v) is 9.22. The number of fused-ring (bicyclic) bond motifs is 1. The number of hydrogen-bond donors (Lipinski definition) is 3. The van der Waals surface area contributed by atoms with E-state index in [1.54, 1.807) is 0 Å². The lowest BCUT2D eigenvalue weighted by Gasteiger charge is -2.13. The summed E-state index contributed by atoms with van der Waals surface area (Å²) in [6.45, 7) is 5.64. The average molecular weight is 366 g/mol. The van der Waals surface area contributed by atoms with Crippen molar-refractivity contribution in [3.8, 4) is 11.5 Å². The highest BCUT2D eigenvalue weighted by Crippen LogP contribution is 2.29. The Bertz CT molecular complexity index is 884. The molecule has 0 aliphatic carbocycles. The molecular weight excluding hydrogens is 340 g/mol. The first kappa shape index (κ1) is 18.6. The van der Waals surface area contributed by atoms with Crippen LogP contribution in [0, 0.1) is 0 Å². The van der Waals surface area contributed by atoms with Crippen molar-refractivity contribution in [2.75, 3.05) is 25.1 Å². The fourth-order valence-electron chi connectivity index (χ4n) is 2.89. The van der Waals surface area contributed by atoms with Crippen molar-refractivity contribution >= 4 is 22.5 Å². The molecular formula is C21H26N4O2. The van der Waals surface area contributed by atoms with E-state index in [4.69, 9.17) is 15.2 Å². The fourth-order valence-corrected chi connectivity index (χ4v) is 2.89. The summed E-state index contributed by atoms with van der Waals surface area (Å²) in [6, 6.07) is 16.0. The summed E-state index contributed by atoms with van der Waals surface area (Å²) in [5, 5.41) is 4.32. The van der Waals surface area contributed by atoms with E-state index >= 15 is 0 Å². The monoisotopic (exact) mass is 366 g/mol. The van der Waals surface area contributed by atoms with Gasteiger partial charge in [-0.3, -0.25) is 4.99 Å². The van der Waals surface area contributed by atoms with E-state index in [2.05, 4.69) is 33.5 Å². The van der Waals surface area contributed by atoms with Crippen molar-refractivity contribution in [2.24, 2.45) is 10.7 Å². The molecule has 27 heavy (non-hydrogen) atoms. The molecule has 0 radical (unpaired) electrons. The van der Waals surface area contributed by atoms with Crippen molar-refractivity contribution < 1.29 is 9.47 Å². The van der Waals surface area contributed by atoms with E-state index in [9.17, 15) is 0 Å². The van der Waals surface area contributed by atoms with Crippen molar-refractivity contribution in [1.29, 1.82) is 0 Å². The third-order valence-electron chi connectivity index (χ3n) is 4.07. The Morgan fingerprint density at radius 3 is 2.67 bits per heavy atom. The van der Waals surface area contributed by atoms with Gasteiger partial charge in [-0.1, -0.05) is 18.2 Å². The highest BCUT2D eigenvalue weighted by molar-refractivity contribution is 5.94. The predicted octanol–water partition coefficient (Wildman–Crippen LogP) is 3.93. The first-order chi connectivity index (χ1) is 13.2. The molecule has 1 aromatic heterocycles. The Labute approximate surface area is 159 Å². The van der Waals surface area contributed by atoms with Crippen LogP contribution in [0.5, 0.6) is 11.5 Å². The molecule has 3 aromatic rings. The van der Waals surface area contributed by atoms with Gasteiger partial charge in [0.2, 0.25) is 0 Å². The average Bonchev–Trinajstić information content (AvgIpc) is 3.07. The SMILES string of the molecule is CCOc1ccc(OCC)c(NC(N)=NCCc2cc3ccccc3[nH]2)c1. The number of benzene rings is 2. The van der Waals surface area contributed by atoms with Crippen LogP contribution in [0.2, 0.25) is 0 Å². The maximum Gasteiger partial charge on any atom is 0.193 e. The normalized spacial score (nSPS) is 11.6. The van der Waals surface area contributed by atoms with Crippen LogP contribution in [0.15, 0.2) is 53.5 Å². The Kier molecular flexibility index (Phi) is 6.20. The largest absolute Gasteiger partial charge is 0.494 e. The van der Waals surface area contributed by atoms with Crippen LogP contribution in [0.1, 0.15) is 19.5 Å². The highest BCUT2D eigenvalue weighted by atomic mass is 16.5. The number of guanidine groups is 1. The quantitative estimate of drug-likeness (QED) is 0.416. The Morgan fingerprint density at radius 2 is 1.89 bits per heavy atom. The van der Waals surface area contributed by atoms with Gasteiger partial charge in [0.25, 0.3) is 0 Å². The van der Waals surface area contributed by atoms with Gasteiger partial charge in [-0.25, -0.2) is 0 Å². The lowest BCUT2D eigenvalue weighted by Crippen LogP contribution is -2.23. The van der Waals surface area contributed by atoms with Gasteiger partial charge in [0, 0.05) is 30.2 Å². The van der Waals surface area contributed by atoms with Crippen molar-refractivity contribution in [1.82, 2.24) is 4.98 Å². The Balaban J connectivity index is 1.64. The van der Waals surface area contributed by atoms with Crippen LogP contribution in [-0.4, -0.2) is 30.7 Å². The van der Waals surface area contributed by atoms with Gasteiger partial charge in [-0.2, -0.15) is 0 Å².